The number of piperazine rings is 1. The van der Waals surface area contributed by atoms with Crippen LogP contribution in [0, 0.1) is 5.82 Å². The Hall–Kier alpha value is -1.92. The molecule has 124 valence electrons. The molecule has 1 aliphatic rings. The summed E-state index contributed by atoms with van der Waals surface area (Å²) in [6, 6.07) is 6.55. The second-order valence-corrected chi connectivity index (χ2v) is 5.18. The number of rotatable bonds is 5. The van der Waals surface area contributed by atoms with E-state index in [1.54, 1.807) is 18.5 Å². The summed E-state index contributed by atoms with van der Waals surface area (Å²) < 4.78 is 18.7. The maximum Gasteiger partial charge on any atom is 0.225 e. The largest absolute Gasteiger partial charge is 0.490 e. The van der Waals surface area contributed by atoms with E-state index in [1.165, 1.54) is 12.1 Å². The summed E-state index contributed by atoms with van der Waals surface area (Å²) in [5.74, 6) is 1.15. The third-order valence-electron chi connectivity index (χ3n) is 3.56. The first-order chi connectivity index (χ1) is 10.8. The number of aromatic nitrogens is 2. The Morgan fingerprint density at radius 2 is 1.91 bits per heavy atom. The number of ether oxygens (including phenoxy) is 1. The summed E-state index contributed by atoms with van der Waals surface area (Å²) in [6.07, 6.45) is 4.03. The molecule has 0 radical (unpaired) electrons. The van der Waals surface area contributed by atoms with Crippen molar-refractivity contribution in [2.75, 3.05) is 37.7 Å². The predicted molar refractivity (Wildman–Crippen MR) is 90.0 cm³/mol. The van der Waals surface area contributed by atoms with E-state index >= 15 is 0 Å². The lowest BCUT2D eigenvalue weighted by atomic mass is 10.2. The van der Waals surface area contributed by atoms with Crippen molar-refractivity contribution >= 4 is 18.4 Å². The highest BCUT2D eigenvalue weighted by Crippen LogP contribution is 2.13. The van der Waals surface area contributed by atoms with Gasteiger partial charge in [-0.3, -0.25) is 0 Å². The van der Waals surface area contributed by atoms with Crippen LogP contribution in [0.1, 0.15) is 5.56 Å². The highest BCUT2D eigenvalue weighted by molar-refractivity contribution is 5.85. The number of nitrogens with one attached hydrogen (secondary N) is 1. The Balaban J connectivity index is 0.00000192. The maximum absolute atomic E-state index is 13.1. The Morgan fingerprint density at radius 1 is 1.17 bits per heavy atom. The maximum atomic E-state index is 13.1. The van der Waals surface area contributed by atoms with Crippen molar-refractivity contribution in [1.29, 1.82) is 0 Å². The van der Waals surface area contributed by atoms with Crippen LogP contribution >= 0.6 is 12.4 Å². The second-order valence-electron chi connectivity index (χ2n) is 5.18. The van der Waals surface area contributed by atoms with Crippen molar-refractivity contribution < 1.29 is 9.13 Å². The van der Waals surface area contributed by atoms with Gasteiger partial charge in [-0.25, -0.2) is 14.4 Å². The van der Waals surface area contributed by atoms with Gasteiger partial charge in [-0.15, -0.1) is 12.4 Å². The van der Waals surface area contributed by atoms with Crippen LogP contribution in [0.3, 0.4) is 0 Å². The zero-order valence-electron chi connectivity index (χ0n) is 12.7. The Labute approximate surface area is 141 Å². The van der Waals surface area contributed by atoms with Crippen LogP contribution in [0.25, 0.3) is 0 Å². The van der Waals surface area contributed by atoms with Crippen LogP contribution in [0.5, 0.6) is 5.75 Å². The number of nitrogens with zero attached hydrogens (tertiary/aromatic N) is 3. The van der Waals surface area contributed by atoms with E-state index in [0.29, 0.717) is 18.8 Å². The van der Waals surface area contributed by atoms with E-state index in [-0.39, 0.29) is 18.2 Å². The van der Waals surface area contributed by atoms with Crippen LogP contribution in [0.15, 0.2) is 36.7 Å². The number of benzene rings is 1. The molecule has 1 N–H and O–H groups in total. The standard InChI is InChI=1S/C16H19FN4O.ClH/c17-14-3-1-2-13(10-14)4-9-22-15-11-19-16(20-12-15)21-7-5-18-6-8-21;/h1-3,10-12,18H,4-9H2;1H. The van der Waals surface area contributed by atoms with Gasteiger partial charge in [0.25, 0.3) is 0 Å². The summed E-state index contributed by atoms with van der Waals surface area (Å²) in [4.78, 5) is 10.8. The molecule has 2 heterocycles. The molecule has 0 spiro atoms. The third kappa shape index (κ3) is 5.04. The molecule has 1 aromatic carbocycles. The molecule has 7 heteroatoms. The monoisotopic (exact) mass is 338 g/mol. The molecule has 1 aliphatic heterocycles. The van der Waals surface area contributed by atoms with Gasteiger partial charge < -0.3 is 15.0 Å². The van der Waals surface area contributed by atoms with Crippen molar-refractivity contribution in [2.24, 2.45) is 0 Å². The smallest absolute Gasteiger partial charge is 0.225 e. The molecule has 3 rings (SSSR count). The second kappa shape index (κ2) is 8.64. The summed E-state index contributed by atoms with van der Waals surface area (Å²) in [7, 11) is 0. The van der Waals surface area contributed by atoms with Crippen LogP contribution in [-0.2, 0) is 6.42 Å². The molecule has 0 bridgehead atoms. The number of hydrogen-bond acceptors (Lipinski definition) is 5. The zero-order chi connectivity index (χ0) is 15.2. The van der Waals surface area contributed by atoms with E-state index in [1.807, 2.05) is 6.07 Å². The van der Waals surface area contributed by atoms with Crippen molar-refractivity contribution in [2.45, 2.75) is 6.42 Å². The van der Waals surface area contributed by atoms with Crippen LogP contribution in [0.4, 0.5) is 10.3 Å². The van der Waals surface area contributed by atoms with E-state index < -0.39 is 0 Å². The fourth-order valence-corrected chi connectivity index (χ4v) is 2.39. The Bertz CT molecular complexity index is 605. The lowest BCUT2D eigenvalue weighted by molar-refractivity contribution is 0.319. The number of anilines is 1. The first kappa shape index (κ1) is 17.4. The molecule has 0 atom stereocenters. The third-order valence-corrected chi connectivity index (χ3v) is 3.56. The average molecular weight is 339 g/mol. The lowest BCUT2D eigenvalue weighted by Gasteiger charge is -2.27. The molecule has 1 fully saturated rings. The topological polar surface area (TPSA) is 50.3 Å². The number of halogens is 2. The minimum Gasteiger partial charge on any atom is -0.490 e. The molecule has 5 nitrogen and oxygen atoms in total. The summed E-state index contributed by atoms with van der Waals surface area (Å²) in [5.41, 5.74) is 0.915. The number of hydrogen-bond donors (Lipinski definition) is 1. The van der Waals surface area contributed by atoms with E-state index in [4.69, 9.17) is 4.74 Å². The van der Waals surface area contributed by atoms with Crippen LogP contribution in [0.2, 0.25) is 0 Å². The predicted octanol–water partition coefficient (Wildman–Crippen LogP) is 2.07. The quantitative estimate of drug-likeness (QED) is 0.904. The van der Waals surface area contributed by atoms with Crippen molar-refractivity contribution in [1.82, 2.24) is 15.3 Å². The zero-order valence-corrected chi connectivity index (χ0v) is 13.6. The molecule has 0 aliphatic carbocycles. The van der Waals surface area contributed by atoms with Gasteiger partial charge in [0.1, 0.15) is 5.82 Å². The fourth-order valence-electron chi connectivity index (χ4n) is 2.39. The van der Waals surface area contributed by atoms with Gasteiger partial charge >= 0.3 is 0 Å². The molecule has 23 heavy (non-hydrogen) atoms. The molecule has 1 aromatic heterocycles. The first-order valence-corrected chi connectivity index (χ1v) is 7.46. The first-order valence-electron chi connectivity index (χ1n) is 7.46. The Kier molecular flexibility index (Phi) is 6.55. The van der Waals surface area contributed by atoms with E-state index in [9.17, 15) is 4.39 Å². The minimum atomic E-state index is -0.221. The summed E-state index contributed by atoms with van der Waals surface area (Å²) >= 11 is 0. The molecular weight excluding hydrogens is 319 g/mol. The molecule has 2 aromatic rings. The van der Waals surface area contributed by atoms with Crippen LogP contribution in [-0.4, -0.2) is 42.8 Å². The van der Waals surface area contributed by atoms with Gasteiger partial charge in [0, 0.05) is 32.6 Å². The summed E-state index contributed by atoms with van der Waals surface area (Å²) in [5, 5.41) is 3.29. The van der Waals surface area contributed by atoms with E-state index in [0.717, 1.165) is 37.7 Å². The molecule has 0 amide bonds. The van der Waals surface area contributed by atoms with Crippen LogP contribution < -0.4 is 15.0 Å². The van der Waals surface area contributed by atoms with E-state index in [2.05, 4.69) is 20.2 Å². The fraction of sp³-hybridized carbons (Fsp3) is 0.375. The SMILES string of the molecule is Cl.Fc1cccc(CCOc2cnc(N3CCNCC3)nc2)c1. The summed E-state index contributed by atoms with van der Waals surface area (Å²) in [6.45, 7) is 4.21. The average Bonchev–Trinajstić information content (AvgIpc) is 2.56. The lowest BCUT2D eigenvalue weighted by Crippen LogP contribution is -2.44. The van der Waals surface area contributed by atoms with Gasteiger partial charge in [-0.1, -0.05) is 12.1 Å². The van der Waals surface area contributed by atoms with Gasteiger partial charge in [-0.05, 0) is 17.7 Å². The molecular formula is C16H20ClFN4O. The van der Waals surface area contributed by atoms with Gasteiger partial charge in [-0.2, -0.15) is 0 Å². The highest BCUT2D eigenvalue weighted by Gasteiger charge is 2.12. The van der Waals surface area contributed by atoms with Gasteiger partial charge in [0.2, 0.25) is 5.95 Å². The molecule has 0 unspecified atom stereocenters. The normalized spacial score (nSPS) is 14.2. The van der Waals surface area contributed by atoms with Gasteiger partial charge in [0.15, 0.2) is 5.75 Å². The molecule has 0 saturated carbocycles. The van der Waals surface area contributed by atoms with Crippen molar-refractivity contribution in [3.8, 4) is 5.75 Å². The Morgan fingerprint density at radius 3 is 2.61 bits per heavy atom. The van der Waals surface area contributed by atoms with Crippen molar-refractivity contribution in [3.63, 3.8) is 0 Å². The highest BCUT2D eigenvalue weighted by atomic mass is 35.5. The van der Waals surface area contributed by atoms with Gasteiger partial charge in [0.05, 0.1) is 19.0 Å². The molecule has 1 saturated heterocycles. The van der Waals surface area contributed by atoms with Crippen molar-refractivity contribution in [3.05, 3.63) is 48.0 Å². The minimum absolute atomic E-state index is 0.